The van der Waals surface area contributed by atoms with Crippen molar-refractivity contribution in [1.29, 1.82) is 0 Å². The Bertz CT molecular complexity index is 497. The third-order valence-corrected chi connectivity index (χ3v) is 8.82. The van der Waals surface area contributed by atoms with Crippen molar-refractivity contribution >= 4 is 0 Å². The fourth-order valence-corrected chi connectivity index (χ4v) is 5.89. The molecular formula is C40H78O. The molecule has 0 rings (SSSR count). The van der Waals surface area contributed by atoms with E-state index in [-0.39, 0.29) is 0 Å². The molecule has 1 nitrogen and oxygen atoms in total. The zero-order valence-corrected chi connectivity index (χ0v) is 29.2. The minimum Gasteiger partial charge on any atom is -0.467 e. The lowest BCUT2D eigenvalue weighted by molar-refractivity contribution is 0.279. The topological polar surface area (TPSA) is 9.23 Å². The van der Waals surface area contributed by atoms with Crippen molar-refractivity contribution in [3.8, 4) is 0 Å². The normalized spacial score (nSPS) is 12.4. The quantitative estimate of drug-likeness (QED) is 0.0548. The van der Waals surface area contributed by atoms with Gasteiger partial charge in [0.2, 0.25) is 0 Å². The van der Waals surface area contributed by atoms with Crippen LogP contribution < -0.4 is 0 Å². The van der Waals surface area contributed by atoms with E-state index in [0.717, 1.165) is 12.8 Å². The Morgan fingerprint density at radius 2 is 0.537 bits per heavy atom. The van der Waals surface area contributed by atoms with Crippen LogP contribution in [0.2, 0.25) is 0 Å². The molecule has 0 fully saturated rings. The van der Waals surface area contributed by atoms with Gasteiger partial charge in [0.15, 0.2) is 0 Å². The number of unbranched alkanes of at least 4 members (excludes halogenated alkanes) is 28. The molecule has 0 saturated carbocycles. The molecule has 0 spiro atoms. The van der Waals surface area contributed by atoms with Crippen molar-refractivity contribution < 1.29 is 4.74 Å². The molecule has 0 aliphatic carbocycles. The maximum Gasteiger partial charge on any atom is 0.0993 e. The second-order valence-electron chi connectivity index (χ2n) is 12.9. The van der Waals surface area contributed by atoms with Crippen LogP contribution >= 0.6 is 0 Å². The molecule has 0 saturated heterocycles. The van der Waals surface area contributed by atoms with Gasteiger partial charge >= 0.3 is 0 Å². The van der Waals surface area contributed by atoms with E-state index in [0.29, 0.717) is 0 Å². The van der Waals surface area contributed by atoms with Crippen molar-refractivity contribution in [2.75, 3.05) is 0 Å². The van der Waals surface area contributed by atoms with Crippen molar-refractivity contribution in [2.24, 2.45) is 0 Å². The zero-order valence-electron chi connectivity index (χ0n) is 29.2. The molecule has 0 N–H and O–H groups in total. The fourth-order valence-electron chi connectivity index (χ4n) is 5.89. The van der Waals surface area contributed by atoms with Gasteiger partial charge in [-0.05, 0) is 37.8 Å². The standard InChI is InChI=1S/C40H78O/c1-5-9-11-13-15-17-19-21-23-25-27-29-31-33-35-37-39(7-3)41-40(8-4)38-36-34-32-30-28-26-24-22-20-18-16-14-12-10-6-2/h37-38H,5-36H2,1-4H3. The van der Waals surface area contributed by atoms with E-state index < -0.39 is 0 Å². The summed E-state index contributed by atoms with van der Waals surface area (Å²) in [6.07, 6.45) is 49.1. The number of allylic oxidation sites excluding steroid dienone is 4. The molecule has 1 heteroatoms. The first-order chi connectivity index (χ1) is 20.3. The van der Waals surface area contributed by atoms with Gasteiger partial charge < -0.3 is 4.74 Å². The number of hydrogen-bond acceptors (Lipinski definition) is 1. The van der Waals surface area contributed by atoms with Crippen molar-refractivity contribution in [3.05, 3.63) is 23.7 Å². The highest BCUT2D eigenvalue weighted by atomic mass is 16.5. The molecule has 0 amide bonds. The average Bonchev–Trinajstić information content (AvgIpc) is 2.99. The molecule has 0 atom stereocenters. The molecule has 0 radical (unpaired) electrons. The molecule has 0 unspecified atom stereocenters. The molecule has 0 aromatic rings. The van der Waals surface area contributed by atoms with Gasteiger partial charge in [-0.3, -0.25) is 0 Å². The highest BCUT2D eigenvalue weighted by Crippen LogP contribution is 2.19. The van der Waals surface area contributed by atoms with E-state index in [4.69, 9.17) is 4.74 Å². The minimum atomic E-state index is 1.01. The Hall–Kier alpha value is -0.720. The summed E-state index contributed by atoms with van der Waals surface area (Å²) in [5, 5.41) is 0. The van der Waals surface area contributed by atoms with Gasteiger partial charge in [0.1, 0.15) is 0 Å². The lowest BCUT2D eigenvalue weighted by Crippen LogP contribution is -1.93. The lowest BCUT2D eigenvalue weighted by Gasteiger charge is -2.11. The Kier molecular flexibility index (Phi) is 34.9. The molecule has 0 heterocycles. The summed E-state index contributed by atoms with van der Waals surface area (Å²) in [4.78, 5) is 0. The number of hydrogen-bond donors (Lipinski definition) is 0. The van der Waals surface area contributed by atoms with Gasteiger partial charge in [0.05, 0.1) is 11.5 Å². The molecule has 0 aliphatic rings. The highest BCUT2D eigenvalue weighted by Gasteiger charge is 2.01. The first-order valence-corrected chi connectivity index (χ1v) is 19.3. The summed E-state index contributed by atoms with van der Waals surface area (Å²) in [6.45, 7) is 9.07. The number of rotatable bonds is 34. The van der Waals surface area contributed by atoms with E-state index in [9.17, 15) is 0 Å². The van der Waals surface area contributed by atoms with Crippen molar-refractivity contribution in [3.63, 3.8) is 0 Å². The fraction of sp³-hybridized carbons (Fsp3) is 0.900. The maximum atomic E-state index is 6.31. The van der Waals surface area contributed by atoms with E-state index >= 15 is 0 Å². The molecule has 0 aliphatic heterocycles. The lowest BCUT2D eigenvalue weighted by atomic mass is 10.0. The highest BCUT2D eigenvalue weighted by molar-refractivity contribution is 5.01. The summed E-state index contributed by atoms with van der Waals surface area (Å²) >= 11 is 0. The van der Waals surface area contributed by atoms with E-state index in [1.54, 1.807) is 0 Å². The minimum absolute atomic E-state index is 1.01. The van der Waals surface area contributed by atoms with Crippen LogP contribution in [0.4, 0.5) is 0 Å². The zero-order chi connectivity index (χ0) is 29.9. The van der Waals surface area contributed by atoms with Gasteiger partial charge in [-0.15, -0.1) is 0 Å². The Balaban J connectivity index is 3.66. The van der Waals surface area contributed by atoms with Crippen LogP contribution in [-0.2, 0) is 4.74 Å². The second-order valence-corrected chi connectivity index (χ2v) is 12.9. The van der Waals surface area contributed by atoms with Gasteiger partial charge in [-0.25, -0.2) is 0 Å². The average molecular weight is 575 g/mol. The summed E-state index contributed by atoms with van der Waals surface area (Å²) in [5.41, 5.74) is 0. The molecule has 0 aromatic heterocycles. The van der Waals surface area contributed by atoms with Crippen molar-refractivity contribution in [1.82, 2.24) is 0 Å². The third kappa shape index (κ3) is 32.0. The summed E-state index contributed by atoms with van der Waals surface area (Å²) in [5.74, 6) is 2.38. The van der Waals surface area contributed by atoms with Gasteiger partial charge in [0.25, 0.3) is 0 Å². The van der Waals surface area contributed by atoms with Gasteiger partial charge in [0, 0.05) is 12.8 Å². The van der Waals surface area contributed by atoms with Crippen LogP contribution in [0.25, 0.3) is 0 Å². The van der Waals surface area contributed by atoms with E-state index in [2.05, 4.69) is 39.8 Å². The molecular weight excluding hydrogens is 496 g/mol. The summed E-state index contributed by atoms with van der Waals surface area (Å²) in [7, 11) is 0. The predicted octanol–water partition coefficient (Wildman–Crippen LogP) is 15.3. The third-order valence-electron chi connectivity index (χ3n) is 8.82. The molecule has 244 valence electrons. The van der Waals surface area contributed by atoms with Gasteiger partial charge in [-0.1, -0.05) is 195 Å². The summed E-state index contributed by atoms with van der Waals surface area (Å²) in [6, 6.07) is 0. The Morgan fingerprint density at radius 3 is 0.756 bits per heavy atom. The van der Waals surface area contributed by atoms with E-state index in [1.165, 1.54) is 204 Å². The van der Waals surface area contributed by atoms with Crippen LogP contribution in [-0.4, -0.2) is 0 Å². The van der Waals surface area contributed by atoms with Crippen LogP contribution in [0.3, 0.4) is 0 Å². The van der Waals surface area contributed by atoms with Crippen LogP contribution in [0.5, 0.6) is 0 Å². The van der Waals surface area contributed by atoms with Crippen LogP contribution in [0.1, 0.15) is 233 Å². The molecule has 0 aromatic carbocycles. The Labute approximate surface area is 261 Å². The predicted molar refractivity (Wildman–Crippen MR) is 188 cm³/mol. The molecule has 41 heavy (non-hydrogen) atoms. The smallest absolute Gasteiger partial charge is 0.0993 e. The monoisotopic (exact) mass is 575 g/mol. The maximum absolute atomic E-state index is 6.31. The summed E-state index contributed by atoms with van der Waals surface area (Å²) < 4.78 is 6.31. The molecule has 0 bridgehead atoms. The van der Waals surface area contributed by atoms with Crippen LogP contribution in [0.15, 0.2) is 23.7 Å². The van der Waals surface area contributed by atoms with Crippen LogP contribution in [0, 0.1) is 0 Å². The first kappa shape index (κ1) is 40.3. The van der Waals surface area contributed by atoms with E-state index in [1.807, 2.05) is 0 Å². The van der Waals surface area contributed by atoms with Gasteiger partial charge in [-0.2, -0.15) is 0 Å². The Morgan fingerprint density at radius 1 is 0.317 bits per heavy atom. The largest absolute Gasteiger partial charge is 0.467 e. The number of ether oxygens (including phenoxy) is 1. The van der Waals surface area contributed by atoms with Crippen molar-refractivity contribution in [2.45, 2.75) is 233 Å². The first-order valence-electron chi connectivity index (χ1n) is 19.3. The second kappa shape index (κ2) is 35.5. The SMILES string of the molecule is CCCCCCCCCCCCCCCCC=C(CC)OC(=CCCCCCCCCCCCCCCCC)CC.